The molecule has 1 fully saturated rings. The topological polar surface area (TPSA) is 116 Å². The van der Waals surface area contributed by atoms with Gasteiger partial charge in [0.15, 0.2) is 0 Å². The van der Waals surface area contributed by atoms with Crippen LogP contribution in [0.2, 0.25) is 0 Å². The third-order valence-electron chi connectivity index (χ3n) is 4.18. The molecule has 26 heavy (non-hydrogen) atoms. The summed E-state index contributed by atoms with van der Waals surface area (Å²) < 4.78 is 26.6. The van der Waals surface area contributed by atoms with E-state index in [1.807, 2.05) is 0 Å². The molecule has 0 spiro atoms. The summed E-state index contributed by atoms with van der Waals surface area (Å²) in [7, 11) is -3.45. The Hall–Kier alpha value is -2.13. The molecule has 0 unspecified atom stereocenters. The highest BCUT2D eigenvalue weighted by atomic mass is 32.2. The van der Waals surface area contributed by atoms with Crippen molar-refractivity contribution in [3.63, 3.8) is 0 Å². The Morgan fingerprint density at radius 2 is 1.69 bits per heavy atom. The molecule has 0 aromatic heterocycles. The molecule has 3 N–H and O–H groups in total. The van der Waals surface area contributed by atoms with Crippen molar-refractivity contribution >= 4 is 22.0 Å². The molecule has 1 aliphatic heterocycles. The Bertz CT molecular complexity index is 712. The summed E-state index contributed by atoms with van der Waals surface area (Å²) in [5.74, 6) is -0.896. The number of piperidine rings is 1. The summed E-state index contributed by atoms with van der Waals surface area (Å²) in [6, 6.07) is 6.10. The quantitative estimate of drug-likeness (QED) is 0.589. The number of carboxylic acids is 1. The minimum Gasteiger partial charge on any atom is -0.481 e. The predicted molar refractivity (Wildman–Crippen MR) is 96.2 cm³/mol. The van der Waals surface area contributed by atoms with Gasteiger partial charge in [-0.15, -0.1) is 0 Å². The van der Waals surface area contributed by atoms with E-state index in [0.717, 1.165) is 24.8 Å². The van der Waals surface area contributed by atoms with Crippen LogP contribution in [0.4, 0.5) is 4.79 Å². The van der Waals surface area contributed by atoms with Crippen molar-refractivity contribution in [2.75, 3.05) is 19.6 Å². The summed E-state index contributed by atoms with van der Waals surface area (Å²) in [6.07, 6.45) is 3.22. The van der Waals surface area contributed by atoms with E-state index in [2.05, 4.69) is 10.6 Å². The van der Waals surface area contributed by atoms with Gasteiger partial charge < -0.3 is 15.7 Å². The average Bonchev–Trinajstić information content (AvgIpc) is 2.64. The Balaban J connectivity index is 1.81. The normalized spacial score (nSPS) is 15.4. The third kappa shape index (κ3) is 5.99. The first-order valence-corrected chi connectivity index (χ1v) is 10.2. The lowest BCUT2D eigenvalue weighted by molar-refractivity contribution is -0.137. The van der Waals surface area contributed by atoms with Gasteiger partial charge in [0.25, 0.3) is 0 Å². The van der Waals surface area contributed by atoms with Crippen LogP contribution in [-0.2, 0) is 21.4 Å². The highest BCUT2D eigenvalue weighted by Crippen LogP contribution is 2.20. The second-order valence-electron chi connectivity index (χ2n) is 6.22. The van der Waals surface area contributed by atoms with Gasteiger partial charge in [0.2, 0.25) is 10.0 Å². The molecule has 9 heteroatoms. The highest BCUT2D eigenvalue weighted by molar-refractivity contribution is 7.89. The monoisotopic (exact) mass is 383 g/mol. The predicted octanol–water partition coefficient (Wildman–Crippen LogP) is 1.53. The zero-order chi connectivity index (χ0) is 19.0. The second kappa shape index (κ2) is 9.54. The maximum Gasteiger partial charge on any atom is 0.315 e. The Kier molecular flexibility index (Phi) is 7.40. The minimum absolute atomic E-state index is 0.00718. The van der Waals surface area contributed by atoms with Crippen LogP contribution in [0.3, 0.4) is 0 Å². The number of amides is 2. The lowest BCUT2D eigenvalue weighted by atomic mass is 10.2. The first-order chi connectivity index (χ1) is 12.4. The van der Waals surface area contributed by atoms with Crippen LogP contribution in [0.5, 0.6) is 0 Å². The van der Waals surface area contributed by atoms with E-state index < -0.39 is 16.0 Å². The van der Waals surface area contributed by atoms with Crippen LogP contribution in [-0.4, -0.2) is 49.5 Å². The fraction of sp³-hybridized carbons (Fsp3) is 0.529. The van der Waals surface area contributed by atoms with Gasteiger partial charge in [-0.3, -0.25) is 4.79 Å². The molecule has 1 aromatic carbocycles. The largest absolute Gasteiger partial charge is 0.481 e. The Morgan fingerprint density at radius 1 is 1.04 bits per heavy atom. The van der Waals surface area contributed by atoms with E-state index in [1.54, 1.807) is 24.3 Å². The van der Waals surface area contributed by atoms with E-state index in [0.29, 0.717) is 19.5 Å². The number of carbonyl (C=O) groups is 2. The number of aliphatic carboxylic acids is 1. The molecule has 0 radical (unpaired) electrons. The number of sulfonamides is 1. The minimum atomic E-state index is -3.45. The van der Waals surface area contributed by atoms with Crippen LogP contribution in [0.1, 0.15) is 37.7 Å². The van der Waals surface area contributed by atoms with Crippen LogP contribution in [0.15, 0.2) is 29.2 Å². The molecule has 2 amide bonds. The van der Waals surface area contributed by atoms with Gasteiger partial charge in [0, 0.05) is 32.6 Å². The zero-order valence-electron chi connectivity index (χ0n) is 14.6. The SMILES string of the molecule is O=C(O)CCCNC(=O)NCc1ccc(S(=O)(=O)N2CCCCC2)cc1. The van der Waals surface area contributed by atoms with Gasteiger partial charge in [0.1, 0.15) is 0 Å². The first kappa shape index (κ1) is 20.2. The molecule has 144 valence electrons. The van der Waals surface area contributed by atoms with Crippen LogP contribution < -0.4 is 10.6 Å². The number of hydrogen-bond acceptors (Lipinski definition) is 4. The number of carboxylic acid groups (broad SMARTS) is 1. The van der Waals surface area contributed by atoms with Crippen LogP contribution >= 0.6 is 0 Å². The molecule has 8 nitrogen and oxygen atoms in total. The molecule has 1 saturated heterocycles. The molecule has 2 rings (SSSR count). The van der Waals surface area contributed by atoms with Crippen LogP contribution in [0, 0.1) is 0 Å². The van der Waals surface area contributed by atoms with Crippen molar-refractivity contribution in [2.24, 2.45) is 0 Å². The maximum atomic E-state index is 12.6. The summed E-state index contributed by atoms with van der Waals surface area (Å²) in [5.41, 5.74) is 0.781. The van der Waals surface area contributed by atoms with E-state index in [4.69, 9.17) is 5.11 Å². The Morgan fingerprint density at radius 3 is 2.31 bits per heavy atom. The number of nitrogens with zero attached hydrogens (tertiary/aromatic N) is 1. The van der Waals surface area contributed by atoms with Crippen molar-refractivity contribution < 1.29 is 23.1 Å². The van der Waals surface area contributed by atoms with Gasteiger partial charge in [-0.05, 0) is 37.0 Å². The number of benzene rings is 1. The molecular weight excluding hydrogens is 358 g/mol. The summed E-state index contributed by atoms with van der Waals surface area (Å²) >= 11 is 0. The fourth-order valence-electron chi connectivity index (χ4n) is 2.72. The van der Waals surface area contributed by atoms with Gasteiger partial charge in [-0.1, -0.05) is 18.6 Å². The lowest BCUT2D eigenvalue weighted by Gasteiger charge is -2.25. The van der Waals surface area contributed by atoms with Crippen molar-refractivity contribution in [2.45, 2.75) is 43.5 Å². The second-order valence-corrected chi connectivity index (χ2v) is 8.15. The molecule has 0 atom stereocenters. The lowest BCUT2D eigenvalue weighted by Crippen LogP contribution is -2.36. The van der Waals surface area contributed by atoms with Gasteiger partial charge >= 0.3 is 12.0 Å². The van der Waals surface area contributed by atoms with E-state index >= 15 is 0 Å². The number of urea groups is 1. The molecule has 1 heterocycles. The maximum absolute atomic E-state index is 12.6. The Labute approximate surface area is 153 Å². The number of nitrogens with one attached hydrogen (secondary N) is 2. The van der Waals surface area contributed by atoms with Crippen molar-refractivity contribution in [1.82, 2.24) is 14.9 Å². The molecular formula is C17H25N3O5S. The number of carbonyl (C=O) groups excluding carboxylic acids is 1. The van der Waals surface area contributed by atoms with Crippen LogP contribution in [0.25, 0.3) is 0 Å². The van der Waals surface area contributed by atoms with Gasteiger partial charge in [-0.2, -0.15) is 4.31 Å². The van der Waals surface area contributed by atoms with Gasteiger partial charge in [0.05, 0.1) is 4.90 Å². The molecule has 0 saturated carbocycles. The highest BCUT2D eigenvalue weighted by Gasteiger charge is 2.25. The third-order valence-corrected chi connectivity index (χ3v) is 6.10. The fourth-order valence-corrected chi connectivity index (χ4v) is 4.24. The standard InChI is InChI=1S/C17H25N3O5S/c21-16(22)5-4-10-18-17(23)19-13-14-6-8-15(9-7-14)26(24,25)20-11-2-1-3-12-20/h6-9H,1-5,10-13H2,(H,21,22)(H2,18,19,23). The molecule has 1 aromatic rings. The van der Waals surface area contributed by atoms with Crippen molar-refractivity contribution in [3.05, 3.63) is 29.8 Å². The molecule has 0 bridgehead atoms. The summed E-state index contributed by atoms with van der Waals surface area (Å²) in [4.78, 5) is 22.3. The van der Waals surface area contributed by atoms with E-state index in [1.165, 1.54) is 4.31 Å². The smallest absolute Gasteiger partial charge is 0.315 e. The average molecular weight is 383 g/mol. The summed E-state index contributed by atoms with van der Waals surface area (Å²) in [5, 5.41) is 13.7. The molecule has 1 aliphatic rings. The molecule has 0 aliphatic carbocycles. The number of hydrogen-bond donors (Lipinski definition) is 3. The zero-order valence-corrected chi connectivity index (χ0v) is 15.4. The number of rotatable bonds is 8. The van der Waals surface area contributed by atoms with Gasteiger partial charge in [-0.25, -0.2) is 13.2 Å². The van der Waals surface area contributed by atoms with E-state index in [-0.39, 0.29) is 30.4 Å². The van der Waals surface area contributed by atoms with Crippen molar-refractivity contribution in [3.8, 4) is 0 Å². The first-order valence-electron chi connectivity index (χ1n) is 8.72. The van der Waals surface area contributed by atoms with Crippen molar-refractivity contribution in [1.29, 1.82) is 0 Å². The summed E-state index contributed by atoms with van der Waals surface area (Å²) in [6.45, 7) is 1.67. The van der Waals surface area contributed by atoms with E-state index in [9.17, 15) is 18.0 Å².